The molecule has 4 heterocycles. The highest BCUT2D eigenvalue weighted by atomic mass is 15.4. The molecular formula is C49H89N7. The van der Waals surface area contributed by atoms with Gasteiger partial charge >= 0.3 is 0 Å². The molecule has 4 aromatic heterocycles. The highest BCUT2D eigenvalue weighted by molar-refractivity contribution is 5.30. The van der Waals surface area contributed by atoms with Gasteiger partial charge in [0.2, 0.25) is 0 Å². The van der Waals surface area contributed by atoms with Gasteiger partial charge in [0.25, 0.3) is 0 Å². The van der Waals surface area contributed by atoms with Crippen molar-refractivity contribution in [3.63, 3.8) is 0 Å². The second kappa shape index (κ2) is 22.7. The number of rotatable bonds is 12. The molecule has 0 bridgehead atoms. The summed E-state index contributed by atoms with van der Waals surface area (Å²) in [5.74, 6) is 4.57. The molecule has 4 aromatic rings. The third-order valence-electron chi connectivity index (χ3n) is 10.3. The normalized spacial score (nSPS) is 12.1. The third kappa shape index (κ3) is 13.5. The summed E-state index contributed by atoms with van der Waals surface area (Å²) >= 11 is 0. The summed E-state index contributed by atoms with van der Waals surface area (Å²) in [6.45, 7) is 53.5. The lowest BCUT2D eigenvalue weighted by Crippen LogP contribution is -2.10. The van der Waals surface area contributed by atoms with Crippen LogP contribution in [0.5, 0.6) is 0 Å². The molecule has 320 valence electrons. The Morgan fingerprint density at radius 1 is 0.357 bits per heavy atom. The Labute approximate surface area is 346 Å². The van der Waals surface area contributed by atoms with Gasteiger partial charge in [0, 0.05) is 53.6 Å². The molecule has 0 saturated carbocycles. The van der Waals surface area contributed by atoms with E-state index in [4.69, 9.17) is 0 Å². The van der Waals surface area contributed by atoms with Gasteiger partial charge < -0.3 is 9.13 Å². The lowest BCUT2D eigenvalue weighted by Gasteiger charge is -2.18. The van der Waals surface area contributed by atoms with Crippen LogP contribution < -0.4 is 0 Å². The Morgan fingerprint density at radius 2 is 0.714 bits per heavy atom. The van der Waals surface area contributed by atoms with E-state index in [1.165, 1.54) is 39.5 Å². The molecule has 0 aromatic carbocycles. The van der Waals surface area contributed by atoms with Crippen molar-refractivity contribution < 1.29 is 0 Å². The first-order chi connectivity index (χ1) is 25.8. The minimum atomic E-state index is 0.396. The maximum absolute atomic E-state index is 4.47. The minimum absolute atomic E-state index is 0.396. The van der Waals surface area contributed by atoms with Crippen LogP contribution in [-0.4, -0.2) is 33.9 Å². The molecule has 7 heteroatoms. The fraction of sp³-hybridized carbons (Fsp3) is 0.735. The molecule has 56 heavy (non-hydrogen) atoms. The quantitative estimate of drug-likeness (QED) is 0.144. The molecule has 0 atom stereocenters. The van der Waals surface area contributed by atoms with Crippen LogP contribution in [0, 0.1) is 0 Å². The van der Waals surface area contributed by atoms with E-state index < -0.39 is 0 Å². The van der Waals surface area contributed by atoms with Crippen molar-refractivity contribution in [3.05, 3.63) is 75.9 Å². The Bertz CT molecular complexity index is 1330. The molecule has 0 radical (unpaired) electrons. The highest BCUT2D eigenvalue weighted by Crippen LogP contribution is 2.31. The molecule has 7 nitrogen and oxygen atoms in total. The highest BCUT2D eigenvalue weighted by Gasteiger charge is 2.21. The van der Waals surface area contributed by atoms with E-state index >= 15 is 0 Å². The molecule has 0 aliphatic rings. The Kier molecular flexibility index (Phi) is 20.7. The standard InChI is InChI=1S/2C13H23N.C12H22N2.C11H21N3/c2*1-9(2)12-7-8-14(11(5)6)13(12)10(3)4;1-8(2)11-7-13-14(10(5)6)12(11)9(3)4;1-7(2)10-11(8(3)4)14(9(5)6)13-12-10/h2*7-11H,1-6H3;7-10H,1-6H3;7-9H,1-6H3. The number of hydrogen-bond donors (Lipinski definition) is 0. The molecule has 0 spiro atoms. The first kappa shape index (κ1) is 50.9. The summed E-state index contributed by atoms with van der Waals surface area (Å²) < 4.78 is 9.00. The van der Waals surface area contributed by atoms with Crippen LogP contribution in [0.15, 0.2) is 30.7 Å². The number of aromatic nitrogens is 7. The van der Waals surface area contributed by atoms with E-state index in [-0.39, 0.29) is 0 Å². The molecule has 4 rings (SSSR count). The molecule has 0 aliphatic heterocycles. The summed E-state index contributed by atoms with van der Waals surface area (Å²) in [6, 6.07) is 6.55. The molecule has 0 aliphatic carbocycles. The second-order valence-electron chi connectivity index (χ2n) is 19.5. The fourth-order valence-electron chi connectivity index (χ4n) is 7.60. The molecule has 0 amide bonds. The topological polar surface area (TPSA) is 58.4 Å². The largest absolute Gasteiger partial charge is 0.348 e. The van der Waals surface area contributed by atoms with Gasteiger partial charge in [0.05, 0.1) is 17.6 Å². The maximum atomic E-state index is 4.47. The lowest BCUT2D eigenvalue weighted by atomic mass is 9.97. The van der Waals surface area contributed by atoms with Crippen LogP contribution in [0.4, 0.5) is 0 Å². The van der Waals surface area contributed by atoms with E-state index in [9.17, 15) is 0 Å². The van der Waals surface area contributed by atoms with Gasteiger partial charge in [0.15, 0.2) is 0 Å². The van der Waals surface area contributed by atoms with Crippen molar-refractivity contribution in [2.24, 2.45) is 0 Å². The monoisotopic (exact) mass is 776 g/mol. The van der Waals surface area contributed by atoms with Gasteiger partial charge in [-0.1, -0.05) is 116 Å². The summed E-state index contributed by atoms with van der Waals surface area (Å²) in [4.78, 5) is 0. The Balaban J connectivity index is 0.000000373. The van der Waals surface area contributed by atoms with Crippen molar-refractivity contribution >= 4 is 0 Å². The van der Waals surface area contributed by atoms with Gasteiger partial charge in [-0.25, -0.2) is 4.68 Å². The minimum Gasteiger partial charge on any atom is -0.348 e. The van der Waals surface area contributed by atoms with Crippen molar-refractivity contribution in [2.45, 2.75) is 238 Å². The smallest absolute Gasteiger partial charge is 0.0887 e. The first-order valence-corrected chi connectivity index (χ1v) is 22.2. The van der Waals surface area contributed by atoms with E-state index in [0.717, 1.165) is 5.69 Å². The van der Waals surface area contributed by atoms with Gasteiger partial charge in [-0.2, -0.15) is 5.10 Å². The zero-order chi connectivity index (χ0) is 43.5. The maximum Gasteiger partial charge on any atom is 0.0887 e. The van der Waals surface area contributed by atoms with E-state index in [0.29, 0.717) is 71.5 Å². The van der Waals surface area contributed by atoms with Crippen LogP contribution in [0.2, 0.25) is 0 Å². The first-order valence-electron chi connectivity index (χ1n) is 22.2. The van der Waals surface area contributed by atoms with Crippen molar-refractivity contribution in [3.8, 4) is 0 Å². The SMILES string of the molecule is CC(C)c1ccn(C(C)C)c1C(C)C.CC(C)c1ccn(C(C)C)c1C(C)C.CC(C)c1cnn(C(C)C)c1C(C)C.CC(C)c1nnn(C(C)C)c1C(C)C. The van der Waals surface area contributed by atoms with Crippen molar-refractivity contribution in [2.75, 3.05) is 0 Å². The summed E-state index contributed by atoms with van der Waals surface area (Å²) in [7, 11) is 0. The van der Waals surface area contributed by atoms with Gasteiger partial charge in [-0.05, 0) is 132 Å². The van der Waals surface area contributed by atoms with Crippen LogP contribution in [0.25, 0.3) is 0 Å². The molecule has 0 fully saturated rings. The van der Waals surface area contributed by atoms with E-state index in [1.54, 1.807) is 0 Å². The van der Waals surface area contributed by atoms with Gasteiger partial charge in [-0.3, -0.25) is 4.68 Å². The van der Waals surface area contributed by atoms with Crippen molar-refractivity contribution in [1.29, 1.82) is 0 Å². The number of nitrogens with zero attached hydrogens (tertiary/aromatic N) is 7. The zero-order valence-electron chi connectivity index (χ0n) is 40.9. The summed E-state index contributed by atoms with van der Waals surface area (Å²) in [5.41, 5.74) is 11.3. The molecule has 0 saturated heterocycles. The zero-order valence-corrected chi connectivity index (χ0v) is 40.9. The van der Waals surface area contributed by atoms with Crippen LogP contribution in [0.3, 0.4) is 0 Å². The Morgan fingerprint density at radius 3 is 0.982 bits per heavy atom. The lowest BCUT2D eigenvalue weighted by molar-refractivity contribution is 0.484. The van der Waals surface area contributed by atoms with Crippen LogP contribution in [-0.2, 0) is 0 Å². The number of hydrogen-bond acceptors (Lipinski definition) is 3. The van der Waals surface area contributed by atoms with Crippen molar-refractivity contribution in [1.82, 2.24) is 33.9 Å². The average molecular weight is 776 g/mol. The fourth-order valence-corrected chi connectivity index (χ4v) is 7.60. The van der Waals surface area contributed by atoms with Gasteiger partial charge in [-0.15, -0.1) is 5.10 Å². The van der Waals surface area contributed by atoms with Gasteiger partial charge in [0.1, 0.15) is 0 Å². The summed E-state index contributed by atoms with van der Waals surface area (Å²) in [5, 5.41) is 13.0. The molecule has 0 N–H and O–H groups in total. The molecule has 0 unspecified atom stereocenters. The average Bonchev–Trinajstić information content (AvgIpc) is 3.88. The summed E-state index contributed by atoms with van der Waals surface area (Å²) in [6.07, 6.45) is 6.49. The predicted molar refractivity (Wildman–Crippen MR) is 245 cm³/mol. The molecular weight excluding hydrogens is 687 g/mol. The van der Waals surface area contributed by atoms with Crippen LogP contribution in [0.1, 0.15) is 283 Å². The Hall–Kier alpha value is -3.09. The predicted octanol–water partition coefficient (Wildman–Crippen LogP) is 15.4. The van der Waals surface area contributed by atoms with E-state index in [2.05, 4.69) is 220 Å². The second-order valence-corrected chi connectivity index (χ2v) is 19.5. The third-order valence-corrected chi connectivity index (χ3v) is 10.3. The van der Waals surface area contributed by atoms with Crippen LogP contribution >= 0.6 is 0 Å². The van der Waals surface area contributed by atoms with E-state index in [1.807, 2.05) is 10.9 Å².